The molecule has 4 heteroatoms. The van der Waals surface area contributed by atoms with E-state index in [2.05, 4.69) is 9.97 Å². The molecule has 0 aliphatic rings. The zero-order chi connectivity index (χ0) is 6.69. The van der Waals surface area contributed by atoms with E-state index in [1.807, 2.05) is 5.48 Å². The van der Waals surface area contributed by atoms with E-state index in [1.54, 1.807) is 13.1 Å². The van der Waals surface area contributed by atoms with Crippen LogP contribution in [0.15, 0.2) is 12.5 Å². The molecule has 0 radical (unpaired) electrons. The summed E-state index contributed by atoms with van der Waals surface area (Å²) in [5.41, 5.74) is 2.76. The fraction of sp³-hybridized carbons (Fsp3) is 0.200. The SMILES string of the molecule is Cc1cncnc1NO. The predicted octanol–water partition coefficient (Wildman–Crippen LogP) is 0.586. The average molecular weight is 125 g/mol. The summed E-state index contributed by atoms with van der Waals surface area (Å²) in [6.45, 7) is 1.80. The van der Waals surface area contributed by atoms with Crippen LogP contribution in [0.2, 0.25) is 0 Å². The van der Waals surface area contributed by atoms with Crippen LogP contribution in [0.4, 0.5) is 5.82 Å². The summed E-state index contributed by atoms with van der Waals surface area (Å²) in [7, 11) is 0. The molecule has 0 aromatic carbocycles. The summed E-state index contributed by atoms with van der Waals surface area (Å²) >= 11 is 0. The van der Waals surface area contributed by atoms with E-state index in [0.29, 0.717) is 5.82 Å². The normalized spacial score (nSPS) is 9.11. The molecular weight excluding hydrogens is 118 g/mol. The first kappa shape index (κ1) is 5.97. The number of hydrogen-bond donors (Lipinski definition) is 2. The van der Waals surface area contributed by atoms with Crippen molar-refractivity contribution in [3.63, 3.8) is 0 Å². The lowest BCUT2D eigenvalue weighted by Gasteiger charge is -1.97. The Morgan fingerprint density at radius 3 is 2.89 bits per heavy atom. The second kappa shape index (κ2) is 2.41. The van der Waals surface area contributed by atoms with Crippen LogP contribution in [0.1, 0.15) is 5.56 Å². The third-order valence-corrected chi connectivity index (χ3v) is 1.00. The van der Waals surface area contributed by atoms with Crippen molar-refractivity contribution in [2.24, 2.45) is 0 Å². The smallest absolute Gasteiger partial charge is 0.155 e. The van der Waals surface area contributed by atoms with Gasteiger partial charge in [0.25, 0.3) is 0 Å². The highest BCUT2D eigenvalue weighted by atomic mass is 16.5. The van der Waals surface area contributed by atoms with E-state index in [1.165, 1.54) is 6.33 Å². The molecule has 4 nitrogen and oxygen atoms in total. The second-order valence-electron chi connectivity index (χ2n) is 1.67. The van der Waals surface area contributed by atoms with Gasteiger partial charge in [-0.05, 0) is 6.92 Å². The van der Waals surface area contributed by atoms with Crippen LogP contribution in [0.25, 0.3) is 0 Å². The molecule has 0 fully saturated rings. The molecule has 0 atom stereocenters. The molecule has 0 amide bonds. The Morgan fingerprint density at radius 2 is 2.44 bits per heavy atom. The fourth-order valence-corrected chi connectivity index (χ4v) is 0.516. The monoisotopic (exact) mass is 125 g/mol. The van der Waals surface area contributed by atoms with Crippen molar-refractivity contribution < 1.29 is 5.21 Å². The Bertz CT molecular complexity index is 201. The topological polar surface area (TPSA) is 58.0 Å². The first-order valence-corrected chi connectivity index (χ1v) is 2.51. The van der Waals surface area contributed by atoms with Gasteiger partial charge < -0.3 is 0 Å². The van der Waals surface area contributed by atoms with Crippen molar-refractivity contribution in [3.8, 4) is 0 Å². The molecule has 0 saturated carbocycles. The van der Waals surface area contributed by atoms with Crippen LogP contribution >= 0.6 is 0 Å². The minimum absolute atomic E-state index is 0.449. The number of anilines is 1. The van der Waals surface area contributed by atoms with Crippen LogP contribution in [-0.4, -0.2) is 15.2 Å². The van der Waals surface area contributed by atoms with Crippen LogP contribution in [-0.2, 0) is 0 Å². The molecule has 2 N–H and O–H groups in total. The Hall–Kier alpha value is -1.16. The van der Waals surface area contributed by atoms with Gasteiger partial charge in [-0.1, -0.05) is 0 Å². The molecule has 48 valence electrons. The second-order valence-corrected chi connectivity index (χ2v) is 1.67. The maximum absolute atomic E-state index is 8.38. The average Bonchev–Trinajstić information content (AvgIpc) is 1.89. The van der Waals surface area contributed by atoms with Crippen LogP contribution < -0.4 is 5.48 Å². The minimum atomic E-state index is 0.449. The third kappa shape index (κ3) is 1.14. The molecule has 0 unspecified atom stereocenters. The Balaban J connectivity index is 3.01. The number of rotatable bonds is 1. The van der Waals surface area contributed by atoms with E-state index >= 15 is 0 Å². The first-order chi connectivity index (χ1) is 4.34. The van der Waals surface area contributed by atoms with E-state index in [9.17, 15) is 0 Å². The maximum Gasteiger partial charge on any atom is 0.155 e. The van der Waals surface area contributed by atoms with E-state index in [-0.39, 0.29) is 0 Å². The summed E-state index contributed by atoms with van der Waals surface area (Å²) in [5, 5.41) is 8.38. The number of aryl methyl sites for hydroxylation is 1. The lowest BCUT2D eigenvalue weighted by molar-refractivity contribution is 0.385. The zero-order valence-corrected chi connectivity index (χ0v) is 5.00. The van der Waals surface area contributed by atoms with Gasteiger partial charge in [-0.2, -0.15) is 0 Å². The predicted molar refractivity (Wildman–Crippen MR) is 32.2 cm³/mol. The number of nitrogens with one attached hydrogen (secondary N) is 1. The number of hydrogen-bond acceptors (Lipinski definition) is 4. The van der Waals surface area contributed by atoms with Crippen molar-refractivity contribution in [2.45, 2.75) is 6.92 Å². The Labute approximate surface area is 52.5 Å². The summed E-state index contributed by atoms with van der Waals surface area (Å²) < 4.78 is 0. The Kier molecular flexibility index (Phi) is 1.60. The fourth-order valence-electron chi connectivity index (χ4n) is 0.516. The van der Waals surface area contributed by atoms with Gasteiger partial charge in [0.1, 0.15) is 6.33 Å². The van der Waals surface area contributed by atoms with Crippen molar-refractivity contribution in [3.05, 3.63) is 18.1 Å². The summed E-state index contributed by atoms with van der Waals surface area (Å²) in [5.74, 6) is 0.449. The van der Waals surface area contributed by atoms with Crippen molar-refractivity contribution in [1.29, 1.82) is 0 Å². The standard InChI is InChI=1S/C5H7N3O/c1-4-2-6-3-7-5(4)8-9/h2-3,9H,1H3,(H,6,7,8). The van der Waals surface area contributed by atoms with Gasteiger partial charge in [-0.15, -0.1) is 0 Å². The first-order valence-electron chi connectivity index (χ1n) is 2.51. The molecule has 1 rings (SSSR count). The van der Waals surface area contributed by atoms with Gasteiger partial charge in [0, 0.05) is 11.8 Å². The van der Waals surface area contributed by atoms with E-state index in [4.69, 9.17) is 5.21 Å². The van der Waals surface area contributed by atoms with Gasteiger partial charge in [0.05, 0.1) is 0 Å². The van der Waals surface area contributed by atoms with Gasteiger partial charge in [0.2, 0.25) is 0 Å². The summed E-state index contributed by atoms with van der Waals surface area (Å²) in [6.07, 6.45) is 2.98. The van der Waals surface area contributed by atoms with E-state index < -0.39 is 0 Å². The van der Waals surface area contributed by atoms with Crippen molar-refractivity contribution in [1.82, 2.24) is 9.97 Å². The molecule has 0 aliphatic heterocycles. The molecule has 9 heavy (non-hydrogen) atoms. The van der Waals surface area contributed by atoms with Gasteiger partial charge in [-0.3, -0.25) is 10.7 Å². The van der Waals surface area contributed by atoms with Crippen molar-refractivity contribution >= 4 is 5.82 Å². The summed E-state index contributed by atoms with van der Waals surface area (Å²) in [6, 6.07) is 0. The zero-order valence-electron chi connectivity index (χ0n) is 5.00. The van der Waals surface area contributed by atoms with Crippen LogP contribution in [0.5, 0.6) is 0 Å². The Morgan fingerprint density at radius 1 is 1.67 bits per heavy atom. The molecule has 0 spiro atoms. The van der Waals surface area contributed by atoms with Crippen molar-refractivity contribution in [2.75, 3.05) is 5.48 Å². The molecule has 0 saturated heterocycles. The maximum atomic E-state index is 8.38. The lowest BCUT2D eigenvalue weighted by atomic mass is 10.4. The molecular formula is C5H7N3O. The molecule has 0 bridgehead atoms. The highest BCUT2D eigenvalue weighted by Crippen LogP contribution is 2.04. The molecule has 0 aliphatic carbocycles. The van der Waals surface area contributed by atoms with Gasteiger partial charge in [-0.25, -0.2) is 9.97 Å². The number of nitrogens with zero attached hydrogens (tertiary/aromatic N) is 2. The third-order valence-electron chi connectivity index (χ3n) is 1.00. The minimum Gasteiger partial charge on any atom is -0.290 e. The summed E-state index contributed by atoms with van der Waals surface area (Å²) in [4.78, 5) is 7.46. The highest BCUT2D eigenvalue weighted by molar-refractivity contribution is 5.37. The van der Waals surface area contributed by atoms with Gasteiger partial charge in [0.15, 0.2) is 5.82 Å². The molecule has 1 aromatic heterocycles. The quantitative estimate of drug-likeness (QED) is 0.539. The van der Waals surface area contributed by atoms with Crippen LogP contribution in [0.3, 0.4) is 0 Å². The number of aromatic nitrogens is 2. The van der Waals surface area contributed by atoms with Crippen LogP contribution in [0, 0.1) is 6.92 Å². The van der Waals surface area contributed by atoms with Gasteiger partial charge >= 0.3 is 0 Å². The largest absolute Gasteiger partial charge is 0.290 e. The highest BCUT2D eigenvalue weighted by Gasteiger charge is 1.92. The molecule has 1 heterocycles. The lowest BCUT2D eigenvalue weighted by Crippen LogP contribution is -1.95. The molecule has 1 aromatic rings. The van der Waals surface area contributed by atoms with E-state index in [0.717, 1.165) is 5.56 Å².